The van der Waals surface area contributed by atoms with E-state index in [1.165, 1.54) is 5.39 Å². The molecule has 0 amide bonds. The summed E-state index contributed by atoms with van der Waals surface area (Å²) in [6.45, 7) is 4.12. The molecule has 0 aliphatic carbocycles. The lowest BCUT2D eigenvalue weighted by Crippen LogP contribution is -2.36. The number of ether oxygens (including phenoxy) is 1. The zero-order chi connectivity index (χ0) is 18.2. The van der Waals surface area contributed by atoms with Crippen LogP contribution in [-0.2, 0) is 13.1 Å². The summed E-state index contributed by atoms with van der Waals surface area (Å²) in [4.78, 5) is 9.00. The summed E-state index contributed by atoms with van der Waals surface area (Å²) in [5.74, 6) is 1.66. The molecular formula is C21H24N4O. The predicted molar refractivity (Wildman–Crippen MR) is 106 cm³/mol. The Morgan fingerprint density at radius 2 is 1.88 bits per heavy atom. The van der Waals surface area contributed by atoms with Crippen molar-refractivity contribution >= 4 is 16.7 Å². The molecule has 3 rings (SSSR count). The molecule has 0 bridgehead atoms. The first-order valence-electron chi connectivity index (χ1n) is 8.77. The van der Waals surface area contributed by atoms with Crippen LogP contribution in [0.1, 0.15) is 18.2 Å². The van der Waals surface area contributed by atoms with Crippen molar-refractivity contribution in [2.24, 2.45) is 4.99 Å². The lowest BCUT2D eigenvalue weighted by molar-refractivity contribution is 0.415. The van der Waals surface area contributed by atoms with Gasteiger partial charge in [0.1, 0.15) is 5.75 Å². The lowest BCUT2D eigenvalue weighted by atomic mass is 10.1. The van der Waals surface area contributed by atoms with Crippen LogP contribution in [0.4, 0.5) is 0 Å². The summed E-state index contributed by atoms with van der Waals surface area (Å²) >= 11 is 0. The molecule has 5 nitrogen and oxygen atoms in total. The zero-order valence-corrected chi connectivity index (χ0v) is 15.2. The fraction of sp³-hybridized carbons (Fsp3) is 0.238. The maximum absolute atomic E-state index is 5.28. The van der Waals surface area contributed by atoms with Crippen molar-refractivity contribution < 1.29 is 4.74 Å². The van der Waals surface area contributed by atoms with E-state index < -0.39 is 0 Å². The zero-order valence-electron chi connectivity index (χ0n) is 15.2. The SMILES string of the molecule is CCNC(=NCc1ccc2cc(OC)ccc2c1)NCc1ccccn1. The fourth-order valence-electron chi connectivity index (χ4n) is 2.69. The largest absolute Gasteiger partial charge is 0.497 e. The van der Waals surface area contributed by atoms with Gasteiger partial charge in [0, 0.05) is 12.7 Å². The van der Waals surface area contributed by atoms with Crippen LogP contribution in [0.3, 0.4) is 0 Å². The van der Waals surface area contributed by atoms with Crippen LogP contribution >= 0.6 is 0 Å². The van der Waals surface area contributed by atoms with E-state index in [-0.39, 0.29) is 0 Å². The number of nitrogens with one attached hydrogen (secondary N) is 2. The van der Waals surface area contributed by atoms with Gasteiger partial charge in [0.05, 0.1) is 25.9 Å². The first kappa shape index (κ1) is 17.7. The number of aromatic nitrogens is 1. The Labute approximate surface area is 154 Å². The third kappa shape index (κ3) is 4.72. The average molecular weight is 348 g/mol. The molecule has 3 aromatic rings. The van der Waals surface area contributed by atoms with Gasteiger partial charge in [-0.2, -0.15) is 0 Å². The Kier molecular flexibility index (Phi) is 6.04. The molecule has 2 aromatic carbocycles. The highest BCUT2D eigenvalue weighted by molar-refractivity contribution is 5.84. The van der Waals surface area contributed by atoms with Gasteiger partial charge in [-0.3, -0.25) is 4.98 Å². The Morgan fingerprint density at radius 3 is 2.65 bits per heavy atom. The molecule has 0 unspecified atom stereocenters. The van der Waals surface area contributed by atoms with Crippen LogP contribution in [0.5, 0.6) is 5.75 Å². The summed E-state index contributed by atoms with van der Waals surface area (Å²) in [6.07, 6.45) is 1.80. The second-order valence-electron chi connectivity index (χ2n) is 5.92. The number of benzene rings is 2. The van der Waals surface area contributed by atoms with Gasteiger partial charge in [0.25, 0.3) is 0 Å². The minimum atomic E-state index is 0.611. The number of pyridine rings is 1. The van der Waals surface area contributed by atoms with E-state index in [4.69, 9.17) is 4.74 Å². The minimum Gasteiger partial charge on any atom is -0.497 e. The van der Waals surface area contributed by atoms with E-state index in [1.807, 2.05) is 30.3 Å². The van der Waals surface area contributed by atoms with E-state index in [0.717, 1.165) is 34.9 Å². The van der Waals surface area contributed by atoms with Crippen molar-refractivity contribution in [1.82, 2.24) is 15.6 Å². The maximum Gasteiger partial charge on any atom is 0.191 e. The van der Waals surface area contributed by atoms with Crippen molar-refractivity contribution in [3.63, 3.8) is 0 Å². The normalized spacial score (nSPS) is 11.4. The molecule has 0 saturated heterocycles. The Morgan fingerprint density at radius 1 is 1.04 bits per heavy atom. The van der Waals surface area contributed by atoms with Crippen LogP contribution in [0, 0.1) is 0 Å². The number of fused-ring (bicyclic) bond motifs is 1. The number of hydrogen-bond donors (Lipinski definition) is 2. The molecule has 2 N–H and O–H groups in total. The number of rotatable bonds is 6. The lowest BCUT2D eigenvalue weighted by Gasteiger charge is -2.11. The van der Waals surface area contributed by atoms with Crippen molar-refractivity contribution in [1.29, 1.82) is 0 Å². The van der Waals surface area contributed by atoms with Crippen LogP contribution in [-0.4, -0.2) is 24.6 Å². The highest BCUT2D eigenvalue weighted by Gasteiger charge is 2.01. The molecule has 0 aliphatic heterocycles. The van der Waals surface area contributed by atoms with Crippen LogP contribution < -0.4 is 15.4 Å². The molecule has 0 spiro atoms. The van der Waals surface area contributed by atoms with Gasteiger partial charge in [-0.05, 0) is 53.6 Å². The summed E-state index contributed by atoms with van der Waals surface area (Å²) in [7, 11) is 1.68. The first-order chi connectivity index (χ1) is 12.8. The second kappa shape index (κ2) is 8.85. The Balaban J connectivity index is 1.69. The van der Waals surface area contributed by atoms with Gasteiger partial charge in [-0.1, -0.05) is 24.3 Å². The van der Waals surface area contributed by atoms with Crippen molar-refractivity contribution in [2.75, 3.05) is 13.7 Å². The summed E-state index contributed by atoms with van der Waals surface area (Å²) in [6, 6.07) is 18.4. The third-order valence-corrected chi connectivity index (χ3v) is 4.04. The molecule has 26 heavy (non-hydrogen) atoms. The fourth-order valence-corrected chi connectivity index (χ4v) is 2.69. The molecular weight excluding hydrogens is 324 g/mol. The smallest absolute Gasteiger partial charge is 0.191 e. The number of aliphatic imine (C=N–C) groups is 1. The van der Waals surface area contributed by atoms with Gasteiger partial charge in [0.15, 0.2) is 5.96 Å². The number of nitrogens with zero attached hydrogens (tertiary/aromatic N) is 2. The average Bonchev–Trinajstić information content (AvgIpc) is 2.70. The van der Waals surface area contributed by atoms with E-state index in [1.54, 1.807) is 13.3 Å². The van der Waals surface area contributed by atoms with E-state index in [2.05, 4.69) is 51.8 Å². The van der Waals surface area contributed by atoms with Gasteiger partial charge in [0.2, 0.25) is 0 Å². The topological polar surface area (TPSA) is 58.5 Å². The van der Waals surface area contributed by atoms with Gasteiger partial charge >= 0.3 is 0 Å². The number of guanidine groups is 1. The van der Waals surface area contributed by atoms with Crippen molar-refractivity contribution in [2.45, 2.75) is 20.0 Å². The van der Waals surface area contributed by atoms with Crippen molar-refractivity contribution in [3.05, 3.63) is 72.1 Å². The van der Waals surface area contributed by atoms with Gasteiger partial charge in [-0.15, -0.1) is 0 Å². The molecule has 0 saturated carbocycles. The van der Waals surface area contributed by atoms with E-state index >= 15 is 0 Å². The van der Waals surface area contributed by atoms with Crippen LogP contribution in [0.2, 0.25) is 0 Å². The Bertz CT molecular complexity index is 878. The highest BCUT2D eigenvalue weighted by atomic mass is 16.5. The summed E-state index contributed by atoms with van der Waals surface area (Å²) in [5, 5.41) is 8.94. The summed E-state index contributed by atoms with van der Waals surface area (Å²) < 4.78 is 5.28. The molecule has 5 heteroatoms. The molecule has 0 atom stereocenters. The molecule has 0 fully saturated rings. The van der Waals surface area contributed by atoms with E-state index in [9.17, 15) is 0 Å². The monoisotopic (exact) mass is 348 g/mol. The number of hydrogen-bond acceptors (Lipinski definition) is 3. The van der Waals surface area contributed by atoms with Gasteiger partial charge < -0.3 is 15.4 Å². The quantitative estimate of drug-likeness (QED) is 0.529. The first-order valence-corrected chi connectivity index (χ1v) is 8.77. The predicted octanol–water partition coefficient (Wildman–Crippen LogP) is 3.50. The van der Waals surface area contributed by atoms with Crippen molar-refractivity contribution in [3.8, 4) is 5.75 Å². The Hall–Kier alpha value is -3.08. The standard InChI is InChI=1S/C21H24N4O/c1-3-22-21(25-15-19-6-4-5-11-23-19)24-14-16-7-8-18-13-20(26-2)10-9-17(18)12-16/h4-13H,3,14-15H2,1-2H3,(H2,22,24,25). The maximum atomic E-state index is 5.28. The second-order valence-corrected chi connectivity index (χ2v) is 5.92. The molecule has 0 aliphatic rings. The molecule has 134 valence electrons. The number of methoxy groups -OCH3 is 1. The molecule has 1 heterocycles. The van der Waals surface area contributed by atoms with Crippen LogP contribution in [0.25, 0.3) is 10.8 Å². The minimum absolute atomic E-state index is 0.611. The van der Waals surface area contributed by atoms with E-state index in [0.29, 0.717) is 13.1 Å². The highest BCUT2D eigenvalue weighted by Crippen LogP contribution is 2.22. The van der Waals surface area contributed by atoms with Crippen LogP contribution in [0.15, 0.2) is 65.8 Å². The molecule has 1 aromatic heterocycles. The summed E-state index contributed by atoms with van der Waals surface area (Å²) in [5.41, 5.74) is 2.15. The van der Waals surface area contributed by atoms with Gasteiger partial charge in [-0.25, -0.2) is 4.99 Å². The molecule has 0 radical (unpaired) electrons. The third-order valence-electron chi connectivity index (χ3n) is 4.04.